The van der Waals surface area contributed by atoms with Gasteiger partial charge in [-0.1, -0.05) is 17.7 Å². The number of H-pyrrole nitrogens is 1. The summed E-state index contributed by atoms with van der Waals surface area (Å²) in [4.78, 5) is 19.0. The summed E-state index contributed by atoms with van der Waals surface area (Å²) in [6, 6.07) is 7.63. The quantitative estimate of drug-likeness (QED) is 0.778. The van der Waals surface area contributed by atoms with E-state index in [1.54, 1.807) is 0 Å². The van der Waals surface area contributed by atoms with Gasteiger partial charge in [-0.2, -0.15) is 0 Å². The van der Waals surface area contributed by atoms with Crippen LogP contribution in [-0.2, 0) is 6.54 Å². The third kappa shape index (κ3) is 2.55. The number of aryl methyl sites for hydroxylation is 1. The summed E-state index contributed by atoms with van der Waals surface area (Å²) in [5.74, 6) is 0.595. The molecule has 0 saturated heterocycles. The Morgan fingerprint density at radius 3 is 3.05 bits per heavy atom. The lowest BCUT2D eigenvalue weighted by Gasteiger charge is -2.08. The first-order valence-electron chi connectivity index (χ1n) is 6.10. The molecule has 20 heavy (non-hydrogen) atoms. The predicted octanol–water partition coefficient (Wildman–Crippen LogP) is 3.56. The van der Waals surface area contributed by atoms with Crippen LogP contribution in [0.3, 0.4) is 0 Å². The predicted molar refractivity (Wildman–Crippen MR) is 83.8 cm³/mol. The number of thiophene rings is 1. The van der Waals surface area contributed by atoms with Gasteiger partial charge in [0.15, 0.2) is 0 Å². The molecule has 0 fully saturated rings. The van der Waals surface area contributed by atoms with Gasteiger partial charge in [0.05, 0.1) is 22.8 Å². The van der Waals surface area contributed by atoms with Gasteiger partial charge in [0, 0.05) is 0 Å². The van der Waals surface area contributed by atoms with Gasteiger partial charge in [0.2, 0.25) is 0 Å². The fourth-order valence-electron chi connectivity index (χ4n) is 1.95. The van der Waals surface area contributed by atoms with E-state index in [0.717, 1.165) is 16.8 Å². The number of fused-ring (bicyclic) bond motifs is 1. The van der Waals surface area contributed by atoms with E-state index < -0.39 is 0 Å². The highest BCUT2D eigenvalue weighted by molar-refractivity contribution is 7.17. The Kier molecular flexibility index (Phi) is 3.46. The average molecular weight is 306 g/mol. The lowest BCUT2D eigenvalue weighted by molar-refractivity contribution is 0.955. The molecule has 0 unspecified atom stereocenters. The minimum atomic E-state index is -0.100. The fraction of sp³-hybridized carbons (Fsp3) is 0.143. The largest absolute Gasteiger partial charge is 0.377 e. The number of halogens is 1. The van der Waals surface area contributed by atoms with Gasteiger partial charge in [-0.3, -0.25) is 4.79 Å². The Balaban J connectivity index is 1.84. The van der Waals surface area contributed by atoms with E-state index in [1.807, 2.05) is 36.6 Å². The first-order chi connectivity index (χ1) is 9.63. The highest BCUT2D eigenvalue weighted by Gasteiger charge is 2.06. The maximum atomic E-state index is 11.8. The molecule has 3 aromatic rings. The van der Waals surface area contributed by atoms with Crippen molar-refractivity contribution >= 4 is 38.8 Å². The van der Waals surface area contributed by atoms with Crippen LogP contribution < -0.4 is 10.9 Å². The van der Waals surface area contributed by atoms with Crippen molar-refractivity contribution in [3.05, 3.63) is 56.4 Å². The second-order valence-corrected chi connectivity index (χ2v) is 5.81. The maximum absolute atomic E-state index is 11.8. The number of nitrogens with zero attached hydrogens (tertiary/aromatic N) is 1. The van der Waals surface area contributed by atoms with Crippen molar-refractivity contribution in [2.45, 2.75) is 13.5 Å². The smallest absolute Gasteiger partial charge is 0.268 e. The van der Waals surface area contributed by atoms with Gasteiger partial charge in [-0.15, -0.1) is 11.3 Å². The van der Waals surface area contributed by atoms with E-state index in [2.05, 4.69) is 15.3 Å². The molecular formula is C14H12ClN3OS. The summed E-state index contributed by atoms with van der Waals surface area (Å²) in [7, 11) is 0. The molecule has 2 N–H and O–H groups in total. The molecule has 3 rings (SSSR count). The second kappa shape index (κ2) is 5.26. The van der Waals surface area contributed by atoms with Gasteiger partial charge in [0.1, 0.15) is 10.5 Å². The molecule has 1 aromatic carbocycles. The number of hydrogen-bond acceptors (Lipinski definition) is 4. The topological polar surface area (TPSA) is 57.8 Å². The number of anilines is 1. The molecule has 2 heterocycles. The van der Waals surface area contributed by atoms with Crippen molar-refractivity contribution in [2.75, 3.05) is 5.32 Å². The molecule has 0 saturated carbocycles. The van der Waals surface area contributed by atoms with Gasteiger partial charge >= 0.3 is 0 Å². The minimum absolute atomic E-state index is 0.100. The number of nitrogens with one attached hydrogen (secondary N) is 2. The molecule has 102 valence electrons. The molecule has 4 nitrogen and oxygen atoms in total. The zero-order valence-corrected chi connectivity index (χ0v) is 12.3. The Morgan fingerprint density at radius 2 is 2.25 bits per heavy atom. The lowest BCUT2D eigenvalue weighted by atomic mass is 10.2. The Hall–Kier alpha value is -1.85. The summed E-state index contributed by atoms with van der Waals surface area (Å²) in [5, 5.41) is 5.70. The van der Waals surface area contributed by atoms with Crippen molar-refractivity contribution in [3.8, 4) is 0 Å². The van der Waals surface area contributed by atoms with Crippen LogP contribution >= 0.6 is 22.9 Å². The summed E-state index contributed by atoms with van der Waals surface area (Å²) in [5.41, 5.74) is 2.56. The third-order valence-corrected chi connectivity index (χ3v) is 4.15. The monoisotopic (exact) mass is 305 g/mol. The summed E-state index contributed by atoms with van der Waals surface area (Å²) in [6.45, 7) is 2.41. The molecule has 0 amide bonds. The average Bonchev–Trinajstić information content (AvgIpc) is 2.86. The molecular weight excluding hydrogens is 294 g/mol. The normalized spacial score (nSPS) is 10.9. The zero-order chi connectivity index (χ0) is 14.1. The van der Waals surface area contributed by atoms with Crippen LogP contribution in [0.4, 0.5) is 5.69 Å². The van der Waals surface area contributed by atoms with Gasteiger partial charge in [0.25, 0.3) is 5.56 Å². The molecule has 0 spiro atoms. The van der Waals surface area contributed by atoms with Crippen molar-refractivity contribution in [1.29, 1.82) is 0 Å². The molecule has 0 radical (unpaired) electrons. The number of rotatable bonds is 3. The number of benzene rings is 1. The minimum Gasteiger partial charge on any atom is -0.377 e. The third-order valence-electron chi connectivity index (χ3n) is 2.93. The molecule has 2 aromatic heterocycles. The molecule has 0 aliphatic rings. The van der Waals surface area contributed by atoms with Crippen LogP contribution in [0.25, 0.3) is 10.2 Å². The summed E-state index contributed by atoms with van der Waals surface area (Å²) < 4.78 is 0.655. The second-order valence-electron chi connectivity index (χ2n) is 4.48. The van der Waals surface area contributed by atoms with Crippen LogP contribution in [0.15, 0.2) is 34.4 Å². The van der Waals surface area contributed by atoms with E-state index in [-0.39, 0.29) is 5.56 Å². The number of aromatic nitrogens is 2. The van der Waals surface area contributed by atoms with Crippen molar-refractivity contribution < 1.29 is 0 Å². The Morgan fingerprint density at radius 1 is 1.40 bits per heavy atom. The number of hydrogen-bond donors (Lipinski definition) is 2. The standard InChI is InChI=1S/C14H12ClN3OS/c1-8-2-3-10(9(15)6-8)16-7-12-17-11-4-5-20-13(11)14(19)18-12/h2-6,16H,7H2,1H3,(H,17,18,19). The first-order valence-corrected chi connectivity index (χ1v) is 7.35. The van der Waals surface area contributed by atoms with E-state index in [4.69, 9.17) is 11.6 Å². The van der Waals surface area contributed by atoms with E-state index in [1.165, 1.54) is 11.3 Å². The molecule has 0 aliphatic heterocycles. The summed E-state index contributed by atoms with van der Waals surface area (Å²) >= 11 is 7.54. The van der Waals surface area contributed by atoms with Crippen molar-refractivity contribution in [2.24, 2.45) is 0 Å². The van der Waals surface area contributed by atoms with Crippen LogP contribution in [0.2, 0.25) is 5.02 Å². The van der Waals surface area contributed by atoms with E-state index >= 15 is 0 Å². The van der Waals surface area contributed by atoms with Crippen LogP contribution in [0, 0.1) is 6.92 Å². The molecule has 6 heteroatoms. The first kappa shape index (κ1) is 13.1. The van der Waals surface area contributed by atoms with Gasteiger partial charge < -0.3 is 10.3 Å². The van der Waals surface area contributed by atoms with Crippen molar-refractivity contribution in [3.63, 3.8) is 0 Å². The van der Waals surface area contributed by atoms with Gasteiger partial charge in [-0.25, -0.2) is 4.98 Å². The SMILES string of the molecule is Cc1ccc(NCc2nc3ccsc3c(=O)[nH]2)c(Cl)c1. The lowest BCUT2D eigenvalue weighted by Crippen LogP contribution is -2.13. The van der Waals surface area contributed by atoms with Crippen LogP contribution in [0.1, 0.15) is 11.4 Å². The zero-order valence-electron chi connectivity index (χ0n) is 10.7. The van der Waals surface area contributed by atoms with E-state index in [0.29, 0.717) is 22.1 Å². The van der Waals surface area contributed by atoms with Crippen LogP contribution in [-0.4, -0.2) is 9.97 Å². The molecule has 0 bridgehead atoms. The highest BCUT2D eigenvalue weighted by Crippen LogP contribution is 2.23. The van der Waals surface area contributed by atoms with Crippen molar-refractivity contribution in [1.82, 2.24) is 9.97 Å². The molecule has 0 atom stereocenters. The highest BCUT2D eigenvalue weighted by atomic mass is 35.5. The fourth-order valence-corrected chi connectivity index (χ4v) is 2.98. The van der Waals surface area contributed by atoms with E-state index in [9.17, 15) is 4.79 Å². The Bertz CT molecular complexity index is 825. The van der Waals surface area contributed by atoms with Crippen LogP contribution in [0.5, 0.6) is 0 Å². The number of aromatic amines is 1. The molecule has 0 aliphatic carbocycles. The van der Waals surface area contributed by atoms with Gasteiger partial charge in [-0.05, 0) is 36.1 Å². The Labute approximate surface area is 124 Å². The summed E-state index contributed by atoms with van der Waals surface area (Å²) in [6.07, 6.45) is 0. The maximum Gasteiger partial charge on any atom is 0.268 e.